The van der Waals surface area contributed by atoms with Gasteiger partial charge in [-0.2, -0.15) is 0 Å². The van der Waals surface area contributed by atoms with Gasteiger partial charge >= 0.3 is 0 Å². The van der Waals surface area contributed by atoms with Crippen molar-refractivity contribution < 1.29 is 18.6 Å². The zero-order valence-corrected chi connectivity index (χ0v) is 11.8. The number of nitrogens with two attached hydrogens (primary N) is 1. The van der Waals surface area contributed by atoms with Gasteiger partial charge in [0.15, 0.2) is 11.5 Å². The lowest BCUT2D eigenvalue weighted by molar-refractivity contribution is 0.174. The molecule has 0 fully saturated rings. The van der Waals surface area contributed by atoms with Gasteiger partial charge in [0.05, 0.1) is 5.56 Å². The van der Waals surface area contributed by atoms with Crippen molar-refractivity contribution in [1.82, 2.24) is 0 Å². The van der Waals surface area contributed by atoms with E-state index < -0.39 is 5.82 Å². The second kappa shape index (κ2) is 5.57. The molecule has 0 spiro atoms. The van der Waals surface area contributed by atoms with Gasteiger partial charge in [0.1, 0.15) is 23.2 Å². The van der Waals surface area contributed by atoms with Crippen LogP contribution in [0.2, 0.25) is 0 Å². The highest BCUT2D eigenvalue weighted by Gasteiger charge is 2.14. The molecule has 2 aromatic carbocycles. The normalized spacial score (nSPS) is 12.2. The average Bonchev–Trinajstić information content (AvgIpc) is 2.93. The fourth-order valence-corrected chi connectivity index (χ4v) is 2.17. The van der Waals surface area contributed by atoms with E-state index in [4.69, 9.17) is 32.2 Å². The first-order valence-electron chi connectivity index (χ1n) is 6.24. The number of rotatable bonds is 4. The van der Waals surface area contributed by atoms with Crippen LogP contribution in [-0.2, 0) is 6.61 Å². The Morgan fingerprint density at radius 3 is 2.81 bits per heavy atom. The molecule has 21 heavy (non-hydrogen) atoms. The lowest BCUT2D eigenvalue weighted by Crippen LogP contribution is -2.12. The van der Waals surface area contributed by atoms with Crippen molar-refractivity contribution in [2.45, 2.75) is 6.61 Å². The van der Waals surface area contributed by atoms with Crippen LogP contribution in [0.5, 0.6) is 17.2 Å². The van der Waals surface area contributed by atoms with Crippen LogP contribution in [0, 0.1) is 5.82 Å². The van der Waals surface area contributed by atoms with Crippen LogP contribution in [0.15, 0.2) is 36.4 Å². The van der Waals surface area contributed by atoms with E-state index in [1.54, 1.807) is 0 Å². The molecule has 0 aromatic heterocycles. The van der Waals surface area contributed by atoms with Crippen molar-refractivity contribution in [3.05, 3.63) is 53.3 Å². The van der Waals surface area contributed by atoms with E-state index in [9.17, 15) is 4.39 Å². The minimum absolute atomic E-state index is 0.0928. The second-order valence-corrected chi connectivity index (χ2v) is 4.92. The van der Waals surface area contributed by atoms with Gasteiger partial charge in [0, 0.05) is 0 Å². The monoisotopic (exact) mass is 305 g/mol. The van der Waals surface area contributed by atoms with E-state index in [2.05, 4.69) is 0 Å². The van der Waals surface area contributed by atoms with Gasteiger partial charge < -0.3 is 19.9 Å². The minimum atomic E-state index is -0.409. The van der Waals surface area contributed by atoms with Gasteiger partial charge in [0.25, 0.3) is 0 Å². The number of benzene rings is 2. The Labute approximate surface area is 126 Å². The molecule has 0 radical (unpaired) electrons. The Morgan fingerprint density at radius 1 is 1.19 bits per heavy atom. The maximum atomic E-state index is 13.2. The molecule has 1 heterocycles. The molecule has 1 aliphatic rings. The van der Waals surface area contributed by atoms with E-state index in [0.29, 0.717) is 22.8 Å². The number of ether oxygens (including phenoxy) is 3. The minimum Gasteiger partial charge on any atom is -0.488 e. The Morgan fingerprint density at radius 2 is 2.00 bits per heavy atom. The summed E-state index contributed by atoms with van der Waals surface area (Å²) in [5, 5.41) is 0. The zero-order valence-electron chi connectivity index (χ0n) is 11.0. The van der Waals surface area contributed by atoms with Crippen molar-refractivity contribution in [1.29, 1.82) is 0 Å². The number of halogens is 1. The molecule has 108 valence electrons. The molecule has 1 aliphatic heterocycles. The van der Waals surface area contributed by atoms with Gasteiger partial charge in [-0.15, -0.1) is 0 Å². The van der Waals surface area contributed by atoms with E-state index in [0.717, 1.165) is 5.56 Å². The van der Waals surface area contributed by atoms with Gasteiger partial charge in [-0.25, -0.2) is 4.39 Å². The van der Waals surface area contributed by atoms with Gasteiger partial charge in [0.2, 0.25) is 6.79 Å². The quantitative estimate of drug-likeness (QED) is 0.880. The number of hydrogen-bond donors (Lipinski definition) is 1. The van der Waals surface area contributed by atoms with Crippen LogP contribution in [0.4, 0.5) is 4.39 Å². The summed E-state index contributed by atoms with van der Waals surface area (Å²) in [5.41, 5.74) is 6.86. The molecule has 0 amide bonds. The van der Waals surface area contributed by atoms with Crippen LogP contribution in [-0.4, -0.2) is 11.8 Å². The predicted octanol–water partition coefficient (Wildman–Crippen LogP) is 2.77. The summed E-state index contributed by atoms with van der Waals surface area (Å²) in [6.45, 7) is 0.515. The molecule has 0 unspecified atom stereocenters. The molecule has 2 aromatic rings. The fraction of sp³-hybridized carbons (Fsp3) is 0.133. The molecule has 0 atom stereocenters. The van der Waals surface area contributed by atoms with Crippen LogP contribution in [0.3, 0.4) is 0 Å². The lowest BCUT2D eigenvalue weighted by atomic mass is 10.2. The Hall–Kier alpha value is -2.34. The van der Waals surface area contributed by atoms with Crippen molar-refractivity contribution in [2.75, 3.05) is 6.79 Å². The maximum Gasteiger partial charge on any atom is 0.231 e. The molecule has 4 nitrogen and oxygen atoms in total. The van der Waals surface area contributed by atoms with Crippen molar-refractivity contribution >= 4 is 17.2 Å². The molecule has 0 saturated heterocycles. The smallest absolute Gasteiger partial charge is 0.231 e. The van der Waals surface area contributed by atoms with Gasteiger partial charge in [-0.3, -0.25) is 0 Å². The predicted molar refractivity (Wildman–Crippen MR) is 79.2 cm³/mol. The van der Waals surface area contributed by atoms with E-state index >= 15 is 0 Å². The number of hydrogen-bond acceptors (Lipinski definition) is 4. The Bertz CT molecular complexity index is 705. The first kappa shape index (κ1) is 13.6. The summed E-state index contributed by atoms with van der Waals surface area (Å²) in [6.07, 6.45) is 0. The highest BCUT2D eigenvalue weighted by molar-refractivity contribution is 7.80. The molecule has 6 heteroatoms. The molecular weight excluding hydrogens is 293 g/mol. The van der Waals surface area contributed by atoms with E-state index in [-0.39, 0.29) is 18.4 Å². The van der Waals surface area contributed by atoms with Crippen molar-refractivity contribution in [2.24, 2.45) is 5.73 Å². The van der Waals surface area contributed by atoms with Crippen molar-refractivity contribution in [3.8, 4) is 17.2 Å². The van der Waals surface area contributed by atoms with E-state index in [1.807, 2.05) is 18.2 Å². The third-order valence-electron chi connectivity index (χ3n) is 3.04. The highest BCUT2D eigenvalue weighted by atomic mass is 32.1. The number of thiocarbonyl (C=S) groups is 1. The molecular formula is C15H12FNO3S. The van der Waals surface area contributed by atoms with Gasteiger partial charge in [-0.05, 0) is 35.9 Å². The second-order valence-electron chi connectivity index (χ2n) is 4.48. The molecule has 0 saturated carbocycles. The summed E-state index contributed by atoms with van der Waals surface area (Å²) < 4.78 is 29.4. The molecule has 0 bridgehead atoms. The van der Waals surface area contributed by atoms with Crippen LogP contribution >= 0.6 is 12.2 Å². The average molecular weight is 305 g/mol. The third kappa shape index (κ3) is 2.90. The summed E-state index contributed by atoms with van der Waals surface area (Å²) >= 11 is 4.90. The first-order chi connectivity index (χ1) is 10.1. The third-order valence-corrected chi connectivity index (χ3v) is 3.26. The highest BCUT2D eigenvalue weighted by Crippen LogP contribution is 2.33. The standard InChI is InChI=1S/C15H12FNO3S/c16-10-2-4-12(11(6-10)15(17)21)18-7-9-1-3-13-14(5-9)20-8-19-13/h1-6H,7-8H2,(H2,17,21). The first-order valence-corrected chi connectivity index (χ1v) is 6.65. The summed E-state index contributed by atoms with van der Waals surface area (Å²) in [5.74, 6) is 1.43. The Kier molecular flexibility index (Phi) is 3.62. The largest absolute Gasteiger partial charge is 0.488 e. The molecule has 0 aliphatic carbocycles. The fourth-order valence-electron chi connectivity index (χ4n) is 2.01. The zero-order chi connectivity index (χ0) is 14.8. The van der Waals surface area contributed by atoms with Crippen LogP contribution in [0.1, 0.15) is 11.1 Å². The summed E-state index contributed by atoms with van der Waals surface area (Å²) in [7, 11) is 0. The molecule has 3 rings (SSSR count). The van der Waals surface area contributed by atoms with Crippen LogP contribution in [0.25, 0.3) is 0 Å². The SMILES string of the molecule is NC(=S)c1cc(F)ccc1OCc1ccc2c(c1)OCO2. The van der Waals surface area contributed by atoms with E-state index in [1.165, 1.54) is 18.2 Å². The lowest BCUT2D eigenvalue weighted by Gasteiger charge is -2.11. The molecule has 2 N–H and O–H groups in total. The van der Waals surface area contributed by atoms with Gasteiger partial charge in [-0.1, -0.05) is 18.3 Å². The van der Waals surface area contributed by atoms with Crippen molar-refractivity contribution in [3.63, 3.8) is 0 Å². The Balaban J connectivity index is 1.77. The van der Waals surface area contributed by atoms with Crippen LogP contribution < -0.4 is 19.9 Å². The number of fused-ring (bicyclic) bond motifs is 1. The summed E-state index contributed by atoms with van der Waals surface area (Å²) in [6, 6.07) is 9.61. The summed E-state index contributed by atoms with van der Waals surface area (Å²) in [4.78, 5) is 0.0928. The topological polar surface area (TPSA) is 53.7 Å². The maximum absolute atomic E-state index is 13.2.